The molecule has 4 aromatic carbocycles. The summed E-state index contributed by atoms with van der Waals surface area (Å²) in [4.78, 5) is 21.9. The number of allylic oxidation sites excluding steroid dienone is 1. The SMILES string of the molecule is CC(C)(C)N1CC2CC1CN2CC[C@H](CSc1ccccc1)Nc1ccc(S(=O)(=O)NC(=O)c2ccc(N3CCN(CC4=C(c5ccc(Cl)cc5)CCCCC4)CC3)cc2)cc1S(=O)(=O)C(F)(F)F. The fraction of sp³-hybridized carbons (Fsp3) is 0.471. The zero-order valence-electron chi connectivity index (χ0n) is 39.4. The van der Waals surface area contributed by atoms with Gasteiger partial charge in [0.25, 0.3) is 25.8 Å². The number of alkyl halides is 3. The van der Waals surface area contributed by atoms with E-state index in [0.29, 0.717) is 36.9 Å². The van der Waals surface area contributed by atoms with Crippen molar-refractivity contribution in [1.29, 1.82) is 0 Å². The van der Waals surface area contributed by atoms with Crippen molar-refractivity contribution in [2.24, 2.45) is 0 Å². The molecule has 0 saturated carbocycles. The lowest BCUT2D eigenvalue weighted by Crippen LogP contribution is -2.53. The minimum absolute atomic E-state index is 0.00788. The molecule has 1 amide bonds. The first kappa shape index (κ1) is 51.3. The highest BCUT2D eigenvalue weighted by Crippen LogP contribution is 2.39. The summed E-state index contributed by atoms with van der Waals surface area (Å²) >= 11 is 7.67. The van der Waals surface area contributed by atoms with E-state index in [4.69, 9.17) is 11.6 Å². The molecule has 2 N–H and O–H groups in total. The number of nitrogens with one attached hydrogen (secondary N) is 2. The molecule has 0 aromatic heterocycles. The number of likely N-dealkylation sites (tertiary alicyclic amines) is 2. The van der Waals surface area contributed by atoms with Crippen molar-refractivity contribution in [1.82, 2.24) is 19.4 Å². The Labute approximate surface area is 414 Å². The first-order chi connectivity index (χ1) is 32.7. The first-order valence-electron chi connectivity index (χ1n) is 23.8. The van der Waals surface area contributed by atoms with Gasteiger partial charge in [-0.25, -0.2) is 21.6 Å². The van der Waals surface area contributed by atoms with Gasteiger partial charge in [0.1, 0.15) is 4.90 Å². The number of halogens is 4. The van der Waals surface area contributed by atoms with E-state index in [2.05, 4.69) is 57.8 Å². The van der Waals surface area contributed by atoms with Gasteiger partial charge in [0.2, 0.25) is 0 Å². The molecule has 1 aliphatic carbocycles. The highest BCUT2D eigenvalue weighted by Gasteiger charge is 2.49. The van der Waals surface area contributed by atoms with Crippen molar-refractivity contribution in [3.8, 4) is 0 Å². The Morgan fingerprint density at radius 3 is 2.17 bits per heavy atom. The lowest BCUT2D eigenvalue weighted by Gasteiger charge is -2.42. The molecular formula is C51H62ClF3N6O5S3. The number of carbonyl (C=O) groups is 1. The average molecular weight is 1030 g/mol. The highest BCUT2D eigenvalue weighted by molar-refractivity contribution is 7.99. The van der Waals surface area contributed by atoms with Gasteiger partial charge in [0.15, 0.2) is 0 Å². The van der Waals surface area contributed by atoms with Crippen LogP contribution in [0.15, 0.2) is 117 Å². The van der Waals surface area contributed by atoms with Crippen LogP contribution in [-0.4, -0.2) is 125 Å². The van der Waals surface area contributed by atoms with Gasteiger partial charge in [-0.05, 0) is 137 Å². The van der Waals surface area contributed by atoms with E-state index in [1.165, 1.54) is 59.9 Å². The Balaban J connectivity index is 0.932. The Bertz CT molecular complexity index is 2700. The van der Waals surface area contributed by atoms with Crippen molar-refractivity contribution in [3.63, 3.8) is 0 Å². The number of hydrogen-bond donors (Lipinski definition) is 2. The molecule has 2 unspecified atom stereocenters. The molecule has 11 nitrogen and oxygen atoms in total. The van der Waals surface area contributed by atoms with Crippen molar-refractivity contribution in [2.45, 2.75) is 110 Å². The van der Waals surface area contributed by atoms with E-state index in [1.807, 2.05) is 47.2 Å². The molecule has 4 aromatic rings. The molecule has 3 fully saturated rings. The van der Waals surface area contributed by atoms with Crippen molar-refractivity contribution in [3.05, 3.63) is 119 Å². The molecule has 372 valence electrons. The molecule has 3 saturated heterocycles. The third-order valence-corrected chi connectivity index (χ3v) is 18.2. The van der Waals surface area contributed by atoms with Crippen LogP contribution in [0.4, 0.5) is 24.5 Å². The summed E-state index contributed by atoms with van der Waals surface area (Å²) in [7, 11) is -10.9. The average Bonchev–Trinajstić information content (AvgIpc) is 3.85. The summed E-state index contributed by atoms with van der Waals surface area (Å²) in [5.41, 5.74) is -1.08. The number of fused-ring (bicyclic) bond motifs is 2. The second-order valence-corrected chi connectivity index (χ2v) is 24.7. The number of thioether (sulfide) groups is 1. The summed E-state index contributed by atoms with van der Waals surface area (Å²) in [5, 5.41) is 3.80. The van der Waals surface area contributed by atoms with Gasteiger partial charge in [-0.1, -0.05) is 53.9 Å². The monoisotopic (exact) mass is 1030 g/mol. The Morgan fingerprint density at radius 2 is 1.52 bits per heavy atom. The molecule has 0 radical (unpaired) electrons. The normalized spacial score (nSPS) is 20.5. The third-order valence-electron chi connectivity index (χ3n) is 13.9. The minimum atomic E-state index is -6.06. The number of hydrogen-bond acceptors (Lipinski definition) is 11. The van der Waals surface area contributed by atoms with Crippen LogP contribution in [-0.2, 0) is 19.9 Å². The van der Waals surface area contributed by atoms with Crippen LogP contribution < -0.4 is 14.9 Å². The lowest BCUT2D eigenvalue weighted by molar-refractivity contribution is -0.0435. The maximum absolute atomic E-state index is 14.3. The maximum Gasteiger partial charge on any atom is 0.501 e. The number of nitrogens with zero attached hydrogens (tertiary/aromatic N) is 4. The molecule has 8 rings (SSSR count). The summed E-state index contributed by atoms with van der Waals surface area (Å²) in [5.74, 6) is -0.622. The number of carbonyl (C=O) groups excluding carboxylic acids is 1. The number of amides is 1. The zero-order chi connectivity index (χ0) is 49.1. The largest absolute Gasteiger partial charge is 0.501 e. The fourth-order valence-corrected chi connectivity index (χ4v) is 13.4. The number of sulfonamides is 1. The smallest absolute Gasteiger partial charge is 0.380 e. The van der Waals surface area contributed by atoms with Crippen molar-refractivity contribution < 1.29 is 34.8 Å². The Kier molecular flexibility index (Phi) is 15.8. The van der Waals surface area contributed by atoms with E-state index >= 15 is 0 Å². The van der Waals surface area contributed by atoms with Gasteiger partial charge in [-0.3, -0.25) is 19.5 Å². The van der Waals surface area contributed by atoms with Crippen LogP contribution in [0.1, 0.15) is 81.6 Å². The van der Waals surface area contributed by atoms with Crippen LogP contribution in [0.3, 0.4) is 0 Å². The number of sulfone groups is 1. The zero-order valence-corrected chi connectivity index (χ0v) is 42.6. The molecule has 2 bridgehead atoms. The van der Waals surface area contributed by atoms with Gasteiger partial charge in [0, 0.05) is 103 Å². The molecule has 3 aliphatic heterocycles. The summed E-state index contributed by atoms with van der Waals surface area (Å²) in [6.45, 7) is 13.1. The quantitative estimate of drug-likeness (QED) is 0.104. The van der Waals surface area contributed by atoms with Gasteiger partial charge in [-0.15, -0.1) is 11.8 Å². The Morgan fingerprint density at radius 1 is 0.826 bits per heavy atom. The number of benzene rings is 4. The van der Waals surface area contributed by atoms with E-state index in [0.717, 1.165) is 92.8 Å². The second-order valence-electron chi connectivity index (χ2n) is 19.6. The predicted octanol–water partition coefficient (Wildman–Crippen LogP) is 9.81. The van der Waals surface area contributed by atoms with Crippen LogP contribution in [0.2, 0.25) is 5.02 Å². The standard InChI is InChI=1S/C51H62ClF3N6O5S3/c1-50(2,3)61-34-42-30-43(61)33-60(42)25-24-40(35-67-44-11-7-5-8-12-44)56-47-23-22-45(31-48(47)68(63,64)51(53,54)55)69(65,66)57-49(62)37-16-20-41(21-17-37)59-28-26-58(27-29-59)32-38-10-6-4-9-13-46(38)36-14-18-39(52)19-15-36/h5,7-8,11-12,14-23,31,40,42-43,56H,4,6,9-10,13,24-30,32-35H2,1-3H3,(H,57,62)/t40-,42?,43?/m1/s1. The predicted molar refractivity (Wildman–Crippen MR) is 270 cm³/mol. The fourth-order valence-electron chi connectivity index (χ4n) is 10.2. The topological polar surface area (TPSA) is 122 Å². The third kappa shape index (κ3) is 12.3. The van der Waals surface area contributed by atoms with Crippen LogP contribution >= 0.6 is 23.4 Å². The van der Waals surface area contributed by atoms with Crippen molar-refractivity contribution in [2.75, 3.05) is 68.3 Å². The molecule has 3 heterocycles. The van der Waals surface area contributed by atoms with E-state index in [-0.39, 0.29) is 16.8 Å². The maximum atomic E-state index is 14.3. The minimum Gasteiger partial charge on any atom is -0.380 e. The summed E-state index contributed by atoms with van der Waals surface area (Å²) in [6.07, 6.45) is 7.19. The highest BCUT2D eigenvalue weighted by atomic mass is 35.5. The first-order valence-corrected chi connectivity index (χ1v) is 28.1. The van der Waals surface area contributed by atoms with E-state index in [9.17, 15) is 34.8 Å². The van der Waals surface area contributed by atoms with Gasteiger partial charge in [-0.2, -0.15) is 13.2 Å². The summed E-state index contributed by atoms with van der Waals surface area (Å²) in [6, 6.07) is 26.8. The van der Waals surface area contributed by atoms with E-state index < -0.39 is 47.1 Å². The van der Waals surface area contributed by atoms with Gasteiger partial charge < -0.3 is 10.2 Å². The number of rotatable bonds is 16. The number of anilines is 2. The second kappa shape index (κ2) is 21.3. The Hall–Kier alpha value is -4.10. The van der Waals surface area contributed by atoms with Crippen LogP contribution in [0.25, 0.3) is 5.57 Å². The molecular weight excluding hydrogens is 965 g/mol. The molecule has 4 aliphatic rings. The summed E-state index contributed by atoms with van der Waals surface area (Å²) < 4.78 is 98.7. The lowest BCUT2D eigenvalue weighted by atomic mass is 9.95. The molecule has 0 spiro atoms. The molecule has 69 heavy (non-hydrogen) atoms. The van der Waals surface area contributed by atoms with Gasteiger partial charge >= 0.3 is 5.51 Å². The van der Waals surface area contributed by atoms with Crippen LogP contribution in [0.5, 0.6) is 0 Å². The van der Waals surface area contributed by atoms with Crippen molar-refractivity contribution >= 4 is 66.1 Å². The van der Waals surface area contributed by atoms with E-state index in [1.54, 1.807) is 12.1 Å². The molecule has 3 atom stereocenters. The number of piperazine rings is 2. The van der Waals surface area contributed by atoms with Gasteiger partial charge in [0.05, 0.1) is 10.6 Å². The van der Waals surface area contributed by atoms with Crippen LogP contribution in [0, 0.1) is 0 Å². The molecule has 18 heteroatoms.